The summed E-state index contributed by atoms with van der Waals surface area (Å²) >= 11 is 5.86. The number of ether oxygens (including phenoxy) is 1. The third-order valence-corrected chi connectivity index (χ3v) is 7.98. The van der Waals surface area contributed by atoms with Crippen LogP contribution in [-0.4, -0.2) is 50.7 Å². The highest BCUT2D eigenvalue weighted by molar-refractivity contribution is 7.91. The molecule has 3 aromatic heterocycles. The van der Waals surface area contributed by atoms with Gasteiger partial charge in [0, 0.05) is 25.5 Å². The molecule has 1 fully saturated rings. The third kappa shape index (κ3) is 4.11. The number of nitrogens with zero attached hydrogens (tertiary/aromatic N) is 6. The molecule has 1 aliphatic rings. The number of hydrogen-bond acceptors (Lipinski definition) is 9. The van der Waals surface area contributed by atoms with Gasteiger partial charge in [0.2, 0.25) is 0 Å². The molecule has 0 spiro atoms. The summed E-state index contributed by atoms with van der Waals surface area (Å²) in [7, 11) is -2.29. The average molecular weight is 489 g/mol. The Labute approximate surface area is 194 Å². The van der Waals surface area contributed by atoms with Gasteiger partial charge < -0.3 is 13.8 Å². The maximum atomic E-state index is 13.4. The molecule has 0 aliphatic heterocycles. The van der Waals surface area contributed by atoms with Crippen LogP contribution in [0.3, 0.4) is 0 Å². The third-order valence-electron chi connectivity index (χ3n) is 5.74. The van der Waals surface area contributed by atoms with E-state index in [0.29, 0.717) is 27.9 Å². The SMILES string of the molecule is CO[C@H](c1ncc(Cl)cn1)[C@H](C)S(=O)(=O)Cc1nnc(-c2noc3ccccc23)n1C1CC1. The lowest BCUT2D eigenvalue weighted by Crippen LogP contribution is -2.30. The van der Waals surface area contributed by atoms with Gasteiger partial charge in [-0.25, -0.2) is 18.4 Å². The first-order chi connectivity index (χ1) is 15.9. The van der Waals surface area contributed by atoms with Crippen molar-refractivity contribution in [3.63, 3.8) is 0 Å². The number of halogens is 1. The quantitative estimate of drug-likeness (QED) is 0.365. The molecule has 172 valence electrons. The van der Waals surface area contributed by atoms with E-state index in [1.807, 2.05) is 28.8 Å². The first-order valence-electron chi connectivity index (χ1n) is 10.4. The molecule has 0 N–H and O–H groups in total. The van der Waals surface area contributed by atoms with Crippen LogP contribution in [0.5, 0.6) is 0 Å². The van der Waals surface area contributed by atoms with Crippen molar-refractivity contribution in [2.24, 2.45) is 0 Å². The van der Waals surface area contributed by atoms with E-state index >= 15 is 0 Å². The summed E-state index contributed by atoms with van der Waals surface area (Å²) in [5.41, 5.74) is 1.18. The molecular weight excluding hydrogens is 468 g/mol. The number of para-hydroxylation sites is 1. The number of fused-ring (bicyclic) bond motifs is 1. The molecule has 0 saturated heterocycles. The van der Waals surface area contributed by atoms with Gasteiger partial charge in [0.25, 0.3) is 0 Å². The summed E-state index contributed by atoms with van der Waals surface area (Å²) in [5.74, 6) is 0.806. The van der Waals surface area contributed by atoms with Gasteiger partial charge in [0.1, 0.15) is 17.7 Å². The molecule has 1 aromatic carbocycles. The van der Waals surface area contributed by atoms with E-state index in [-0.39, 0.29) is 17.6 Å². The Morgan fingerprint density at radius 1 is 1.21 bits per heavy atom. The summed E-state index contributed by atoms with van der Waals surface area (Å²) in [6.07, 6.45) is 3.80. The van der Waals surface area contributed by atoms with E-state index in [1.54, 1.807) is 6.92 Å². The Bertz CT molecular complexity index is 1400. The van der Waals surface area contributed by atoms with E-state index in [2.05, 4.69) is 25.3 Å². The first-order valence-corrected chi connectivity index (χ1v) is 12.5. The second kappa shape index (κ2) is 8.47. The van der Waals surface area contributed by atoms with Gasteiger partial charge in [0.05, 0.1) is 15.7 Å². The molecule has 0 amide bonds. The molecule has 0 bridgehead atoms. The van der Waals surface area contributed by atoms with Gasteiger partial charge in [0.15, 0.2) is 32.8 Å². The lowest BCUT2D eigenvalue weighted by molar-refractivity contribution is 0.0948. The zero-order chi connectivity index (χ0) is 23.2. The molecular formula is C21H21ClN6O4S. The molecule has 5 rings (SSSR count). The molecule has 0 radical (unpaired) electrons. The van der Waals surface area contributed by atoms with E-state index in [0.717, 1.165) is 18.2 Å². The zero-order valence-corrected chi connectivity index (χ0v) is 19.5. The maximum absolute atomic E-state index is 13.4. The minimum atomic E-state index is -3.71. The zero-order valence-electron chi connectivity index (χ0n) is 17.9. The fourth-order valence-corrected chi connectivity index (χ4v) is 5.35. The van der Waals surface area contributed by atoms with Crippen molar-refractivity contribution < 1.29 is 17.7 Å². The van der Waals surface area contributed by atoms with Crippen molar-refractivity contribution >= 4 is 32.4 Å². The monoisotopic (exact) mass is 488 g/mol. The van der Waals surface area contributed by atoms with Gasteiger partial charge in [-0.05, 0) is 31.9 Å². The topological polar surface area (TPSA) is 126 Å². The Kier molecular flexibility index (Phi) is 5.63. The Morgan fingerprint density at radius 3 is 2.64 bits per heavy atom. The maximum Gasteiger partial charge on any atom is 0.187 e. The highest BCUT2D eigenvalue weighted by Crippen LogP contribution is 2.40. The van der Waals surface area contributed by atoms with Gasteiger partial charge in [-0.3, -0.25) is 0 Å². The normalized spacial score (nSPS) is 16.2. The fraction of sp³-hybridized carbons (Fsp3) is 0.381. The van der Waals surface area contributed by atoms with Crippen LogP contribution in [0.1, 0.15) is 43.6 Å². The first kappa shape index (κ1) is 21.9. The number of sulfone groups is 1. The smallest absolute Gasteiger partial charge is 0.187 e. The second-order valence-electron chi connectivity index (χ2n) is 8.00. The van der Waals surface area contributed by atoms with Crippen LogP contribution in [0.25, 0.3) is 22.5 Å². The molecule has 4 aromatic rings. The van der Waals surface area contributed by atoms with E-state index in [9.17, 15) is 8.42 Å². The Balaban J connectivity index is 1.48. The molecule has 1 aliphatic carbocycles. The predicted molar refractivity (Wildman–Crippen MR) is 120 cm³/mol. The van der Waals surface area contributed by atoms with Crippen LogP contribution < -0.4 is 0 Å². The molecule has 2 atom stereocenters. The van der Waals surface area contributed by atoms with Crippen molar-refractivity contribution in [3.8, 4) is 11.5 Å². The van der Waals surface area contributed by atoms with Crippen molar-refractivity contribution in [3.05, 3.63) is 53.3 Å². The highest BCUT2D eigenvalue weighted by atomic mass is 35.5. The molecule has 0 unspecified atom stereocenters. The Hall–Kier alpha value is -2.89. The predicted octanol–water partition coefficient (Wildman–Crippen LogP) is 3.56. The Morgan fingerprint density at radius 2 is 1.94 bits per heavy atom. The molecule has 1 saturated carbocycles. The molecule has 3 heterocycles. The van der Waals surface area contributed by atoms with Gasteiger partial charge in [-0.2, -0.15) is 0 Å². The molecule has 12 heteroatoms. The molecule has 33 heavy (non-hydrogen) atoms. The minimum Gasteiger partial charge on any atom is -0.372 e. The summed E-state index contributed by atoms with van der Waals surface area (Å²) < 4.78 is 39.5. The number of methoxy groups -OCH3 is 1. The lowest BCUT2D eigenvalue weighted by Gasteiger charge is -2.21. The highest BCUT2D eigenvalue weighted by Gasteiger charge is 2.37. The van der Waals surface area contributed by atoms with Crippen LogP contribution in [0.15, 0.2) is 41.2 Å². The molecule has 10 nitrogen and oxygen atoms in total. The summed E-state index contributed by atoms with van der Waals surface area (Å²) in [6, 6.07) is 7.58. The van der Waals surface area contributed by atoms with Crippen LogP contribution in [0.4, 0.5) is 0 Å². The van der Waals surface area contributed by atoms with E-state index < -0.39 is 21.2 Å². The van der Waals surface area contributed by atoms with Crippen LogP contribution in [-0.2, 0) is 20.3 Å². The van der Waals surface area contributed by atoms with Gasteiger partial charge in [-0.15, -0.1) is 10.2 Å². The summed E-state index contributed by atoms with van der Waals surface area (Å²) in [4.78, 5) is 8.26. The van der Waals surface area contributed by atoms with Gasteiger partial charge in [-0.1, -0.05) is 28.9 Å². The van der Waals surface area contributed by atoms with Crippen LogP contribution >= 0.6 is 11.6 Å². The van der Waals surface area contributed by atoms with E-state index in [1.165, 1.54) is 19.5 Å². The second-order valence-corrected chi connectivity index (χ2v) is 10.8. The summed E-state index contributed by atoms with van der Waals surface area (Å²) in [6.45, 7) is 1.57. The van der Waals surface area contributed by atoms with E-state index in [4.69, 9.17) is 20.9 Å². The van der Waals surface area contributed by atoms with Crippen molar-refractivity contribution in [1.29, 1.82) is 0 Å². The summed E-state index contributed by atoms with van der Waals surface area (Å²) in [5, 5.41) is 12.9. The minimum absolute atomic E-state index is 0.129. The van der Waals surface area contributed by atoms with Crippen molar-refractivity contribution in [2.45, 2.75) is 42.9 Å². The van der Waals surface area contributed by atoms with Crippen LogP contribution in [0, 0.1) is 0 Å². The van der Waals surface area contributed by atoms with Crippen LogP contribution in [0.2, 0.25) is 5.02 Å². The number of rotatable bonds is 8. The number of aromatic nitrogens is 6. The van der Waals surface area contributed by atoms with Crippen molar-refractivity contribution in [1.82, 2.24) is 29.9 Å². The van der Waals surface area contributed by atoms with Gasteiger partial charge >= 0.3 is 0 Å². The average Bonchev–Trinajstić information content (AvgIpc) is 3.43. The lowest BCUT2D eigenvalue weighted by atomic mass is 10.2. The largest absolute Gasteiger partial charge is 0.372 e. The standard InChI is InChI=1S/C21H21ClN6O4S/c1-12(19(31-2)20-23-9-13(22)10-24-20)33(29,30)11-17-25-26-21(28(17)14-7-8-14)18-15-5-3-4-6-16(15)32-27-18/h3-6,9-10,12,14,19H,7-8,11H2,1-2H3/t12-,19-/m0/s1. The van der Waals surface area contributed by atoms with Crippen molar-refractivity contribution in [2.75, 3.05) is 7.11 Å². The number of hydrogen-bond donors (Lipinski definition) is 0. The number of benzene rings is 1. The fourth-order valence-electron chi connectivity index (χ4n) is 3.82.